The third-order valence-electron chi connectivity index (χ3n) is 5.12. The van der Waals surface area contributed by atoms with Crippen molar-refractivity contribution >= 4 is 50.1 Å². The maximum Gasteiger partial charge on any atom is 0.261 e. The van der Waals surface area contributed by atoms with Gasteiger partial charge in [-0.2, -0.15) is 0 Å². The fraction of sp³-hybridized carbons (Fsp3) is 0.421. The van der Waals surface area contributed by atoms with Crippen LogP contribution < -0.4 is 4.90 Å². The van der Waals surface area contributed by atoms with Crippen LogP contribution in [-0.2, 0) is 4.79 Å². The molecule has 3 amide bonds. The van der Waals surface area contributed by atoms with Crippen molar-refractivity contribution in [2.45, 2.75) is 19.8 Å². The maximum atomic E-state index is 12.5. The largest absolute Gasteiger partial charge is 0.343 e. The molecule has 0 unspecified atom stereocenters. The van der Waals surface area contributed by atoms with Crippen molar-refractivity contribution in [3.05, 3.63) is 38.8 Å². The zero-order chi connectivity index (χ0) is 20.5. The Morgan fingerprint density at radius 2 is 1.83 bits per heavy atom. The highest BCUT2D eigenvalue weighted by atomic mass is 79.9. The van der Waals surface area contributed by atoms with E-state index in [0.29, 0.717) is 37.1 Å². The number of fused-ring (bicyclic) bond motifs is 1. The van der Waals surface area contributed by atoms with Crippen molar-refractivity contribution in [3.63, 3.8) is 0 Å². The van der Waals surface area contributed by atoms with Crippen molar-refractivity contribution in [2.75, 3.05) is 37.6 Å². The van der Waals surface area contributed by atoms with Gasteiger partial charge in [0, 0.05) is 43.6 Å². The number of amides is 3. The lowest BCUT2D eigenvalue weighted by Gasteiger charge is -2.34. The number of hydrogen-bond donors (Lipinski definition) is 0. The van der Waals surface area contributed by atoms with Gasteiger partial charge in [0.1, 0.15) is 5.01 Å². The van der Waals surface area contributed by atoms with E-state index in [1.54, 1.807) is 29.5 Å². The van der Waals surface area contributed by atoms with Crippen molar-refractivity contribution in [1.29, 1.82) is 0 Å². The predicted molar refractivity (Wildman–Crippen MR) is 112 cm³/mol. The lowest BCUT2D eigenvalue weighted by Crippen LogP contribution is -2.48. The van der Waals surface area contributed by atoms with Crippen LogP contribution in [0.4, 0.5) is 5.13 Å². The summed E-state index contributed by atoms with van der Waals surface area (Å²) < 4.78 is 0.761. The summed E-state index contributed by atoms with van der Waals surface area (Å²) in [5, 5.41) is 10.0. The van der Waals surface area contributed by atoms with Crippen molar-refractivity contribution in [2.24, 2.45) is 0 Å². The van der Waals surface area contributed by atoms with Crippen LogP contribution in [0, 0.1) is 6.92 Å². The molecule has 1 aromatic heterocycles. The molecule has 29 heavy (non-hydrogen) atoms. The van der Waals surface area contributed by atoms with Crippen LogP contribution in [0.15, 0.2) is 22.7 Å². The Bertz CT molecular complexity index is 971. The highest BCUT2D eigenvalue weighted by molar-refractivity contribution is 9.10. The number of hydrogen-bond acceptors (Lipinski definition) is 7. The van der Waals surface area contributed by atoms with Crippen molar-refractivity contribution in [1.82, 2.24) is 20.0 Å². The van der Waals surface area contributed by atoms with E-state index >= 15 is 0 Å². The minimum atomic E-state index is -0.292. The van der Waals surface area contributed by atoms with Gasteiger partial charge in [0.2, 0.25) is 11.0 Å². The van der Waals surface area contributed by atoms with Crippen LogP contribution in [0.25, 0.3) is 0 Å². The van der Waals surface area contributed by atoms with Crippen molar-refractivity contribution < 1.29 is 14.4 Å². The molecule has 0 bridgehead atoms. The van der Waals surface area contributed by atoms with Crippen LogP contribution >= 0.6 is 27.3 Å². The number of halogens is 1. The monoisotopic (exact) mass is 477 g/mol. The summed E-state index contributed by atoms with van der Waals surface area (Å²) in [4.78, 5) is 42.7. The zero-order valence-corrected chi connectivity index (χ0v) is 18.3. The molecule has 1 saturated heterocycles. The Morgan fingerprint density at radius 3 is 2.52 bits per heavy atom. The van der Waals surface area contributed by atoms with Gasteiger partial charge < -0.3 is 9.80 Å². The number of nitrogens with zero attached hydrogens (tertiary/aromatic N) is 5. The Morgan fingerprint density at radius 1 is 1.10 bits per heavy atom. The summed E-state index contributed by atoms with van der Waals surface area (Å²) in [6.45, 7) is 4.91. The third kappa shape index (κ3) is 4.04. The molecule has 3 heterocycles. The molecule has 2 aliphatic heterocycles. The molecule has 0 spiro atoms. The number of carbonyl (C=O) groups is 3. The Hall–Kier alpha value is -2.33. The van der Waals surface area contributed by atoms with E-state index in [1.807, 2.05) is 11.8 Å². The normalized spacial score (nSPS) is 16.6. The van der Waals surface area contributed by atoms with E-state index in [0.717, 1.165) is 27.7 Å². The Labute approximate surface area is 180 Å². The summed E-state index contributed by atoms with van der Waals surface area (Å²) in [5.41, 5.74) is 0.839. The van der Waals surface area contributed by atoms with Crippen LogP contribution in [-0.4, -0.2) is 70.4 Å². The number of carbonyl (C=O) groups excluding carboxylic acids is 3. The SMILES string of the molecule is Cc1nnc(N2CCN(C(=O)CCCN3C(=O)c4ccc(Br)cc4C3=O)CC2)s1. The zero-order valence-electron chi connectivity index (χ0n) is 15.9. The van der Waals surface area contributed by atoms with Gasteiger partial charge in [-0.3, -0.25) is 19.3 Å². The third-order valence-corrected chi connectivity index (χ3v) is 6.52. The van der Waals surface area contributed by atoms with Gasteiger partial charge in [0.15, 0.2) is 0 Å². The Kier molecular flexibility index (Phi) is 5.64. The minimum Gasteiger partial charge on any atom is -0.343 e. The highest BCUT2D eigenvalue weighted by Crippen LogP contribution is 2.26. The molecule has 152 valence electrons. The minimum absolute atomic E-state index is 0.0532. The molecule has 4 rings (SSSR count). The first-order chi connectivity index (χ1) is 13.9. The average molecular weight is 478 g/mol. The number of anilines is 1. The van der Waals surface area contributed by atoms with E-state index < -0.39 is 0 Å². The van der Waals surface area contributed by atoms with Crippen molar-refractivity contribution in [3.8, 4) is 0 Å². The molecule has 10 heteroatoms. The number of piperazine rings is 1. The first-order valence-electron chi connectivity index (χ1n) is 9.42. The predicted octanol–water partition coefficient (Wildman–Crippen LogP) is 2.33. The van der Waals surface area contributed by atoms with Gasteiger partial charge in [-0.05, 0) is 31.5 Å². The molecular formula is C19H20BrN5O3S. The van der Waals surface area contributed by atoms with Gasteiger partial charge in [-0.15, -0.1) is 10.2 Å². The number of imide groups is 1. The van der Waals surface area contributed by atoms with Crippen LogP contribution in [0.1, 0.15) is 38.6 Å². The number of aryl methyl sites for hydroxylation is 1. The summed E-state index contributed by atoms with van der Waals surface area (Å²) in [7, 11) is 0. The Balaban J connectivity index is 1.26. The summed E-state index contributed by atoms with van der Waals surface area (Å²) in [6.07, 6.45) is 0.774. The van der Waals surface area contributed by atoms with Gasteiger partial charge in [-0.25, -0.2) is 0 Å². The molecule has 0 aliphatic carbocycles. The molecule has 1 fully saturated rings. The van der Waals surface area contributed by atoms with E-state index in [9.17, 15) is 14.4 Å². The maximum absolute atomic E-state index is 12.5. The fourth-order valence-corrected chi connectivity index (χ4v) is 4.67. The summed E-state index contributed by atoms with van der Waals surface area (Å²) in [6, 6.07) is 5.07. The first kappa shape index (κ1) is 20.0. The smallest absolute Gasteiger partial charge is 0.261 e. The van der Waals surface area contributed by atoms with Gasteiger partial charge in [0.05, 0.1) is 11.1 Å². The second kappa shape index (κ2) is 8.19. The van der Waals surface area contributed by atoms with Gasteiger partial charge >= 0.3 is 0 Å². The van der Waals surface area contributed by atoms with Crippen LogP contribution in [0.5, 0.6) is 0 Å². The van der Waals surface area contributed by atoms with Gasteiger partial charge in [0.25, 0.3) is 11.8 Å². The molecule has 2 aromatic rings. The molecular weight excluding hydrogens is 458 g/mol. The highest BCUT2D eigenvalue weighted by Gasteiger charge is 2.35. The van der Waals surface area contributed by atoms with E-state index in [2.05, 4.69) is 31.0 Å². The van der Waals surface area contributed by atoms with E-state index in [1.165, 1.54) is 4.90 Å². The van der Waals surface area contributed by atoms with Crippen LogP contribution in [0.2, 0.25) is 0 Å². The standard InChI is InChI=1S/C19H20BrN5O3S/c1-12-21-22-19(29-12)24-9-7-23(8-10-24)16(26)3-2-6-25-17(27)14-5-4-13(20)11-15(14)18(25)28/h4-5,11H,2-3,6-10H2,1H3. The van der Waals surface area contributed by atoms with Crippen LogP contribution in [0.3, 0.4) is 0 Å². The molecule has 0 atom stereocenters. The first-order valence-corrected chi connectivity index (χ1v) is 11.0. The number of aromatic nitrogens is 2. The molecule has 8 nitrogen and oxygen atoms in total. The summed E-state index contributed by atoms with van der Waals surface area (Å²) >= 11 is 4.88. The molecule has 0 N–H and O–H groups in total. The average Bonchev–Trinajstić information content (AvgIpc) is 3.25. The lowest BCUT2D eigenvalue weighted by molar-refractivity contribution is -0.131. The molecule has 0 saturated carbocycles. The summed E-state index contributed by atoms with van der Waals surface area (Å²) in [5.74, 6) is -0.525. The second-order valence-electron chi connectivity index (χ2n) is 7.03. The number of rotatable bonds is 5. The topological polar surface area (TPSA) is 86.7 Å². The number of benzene rings is 1. The quantitative estimate of drug-likeness (QED) is 0.614. The van der Waals surface area contributed by atoms with E-state index in [-0.39, 0.29) is 24.3 Å². The lowest BCUT2D eigenvalue weighted by atomic mass is 10.1. The van der Waals surface area contributed by atoms with Gasteiger partial charge in [-0.1, -0.05) is 27.3 Å². The molecule has 0 radical (unpaired) electrons. The van der Waals surface area contributed by atoms with E-state index in [4.69, 9.17) is 0 Å². The molecule has 2 aliphatic rings. The fourth-order valence-electron chi connectivity index (χ4n) is 3.57. The molecule has 1 aromatic carbocycles. The second-order valence-corrected chi connectivity index (χ2v) is 9.10.